The second kappa shape index (κ2) is 3.61. The van der Waals surface area contributed by atoms with Crippen LogP contribution in [0, 0.1) is 0 Å². The lowest BCUT2D eigenvalue weighted by molar-refractivity contribution is 1.18. The van der Waals surface area contributed by atoms with Gasteiger partial charge in [0.1, 0.15) is 0 Å². The number of allylic oxidation sites excluding steroid dienone is 1. The van der Waals surface area contributed by atoms with Gasteiger partial charge in [-0.3, -0.25) is 0 Å². The summed E-state index contributed by atoms with van der Waals surface area (Å²) in [6, 6.07) is 20.2. The first-order valence-electron chi connectivity index (χ1n) is 7.24. The molecule has 94 valence electrons. The van der Waals surface area contributed by atoms with Crippen LogP contribution in [0.5, 0.6) is 0 Å². The van der Waals surface area contributed by atoms with Crippen molar-refractivity contribution in [3.8, 4) is 0 Å². The first-order valence-corrected chi connectivity index (χ1v) is 7.24. The fourth-order valence-corrected chi connectivity index (χ4v) is 3.87. The van der Waals surface area contributed by atoms with Crippen LogP contribution in [-0.2, 0) is 12.8 Å². The van der Waals surface area contributed by atoms with Crippen LogP contribution in [0.4, 0.5) is 0 Å². The standard InChI is InChI=1S/C20H14/c1-4-13-6-3-9-17-18-11-10-14-5-2-8-16(20(14)18)12-15(7-1)19(13)17/h1-9,11H,10,12H2. The SMILES string of the molecule is C1=C2c3c(cccc3Cc3cccc4cccc2c34)C1. The van der Waals surface area contributed by atoms with Crippen molar-refractivity contribution in [2.45, 2.75) is 12.8 Å². The minimum atomic E-state index is 1.05. The molecular formula is C20H14. The topological polar surface area (TPSA) is 0 Å². The van der Waals surface area contributed by atoms with Gasteiger partial charge in [-0.15, -0.1) is 0 Å². The van der Waals surface area contributed by atoms with E-state index in [4.69, 9.17) is 0 Å². The predicted octanol–water partition coefficient (Wildman–Crippen LogP) is 4.73. The zero-order valence-electron chi connectivity index (χ0n) is 11.2. The van der Waals surface area contributed by atoms with Crippen LogP contribution in [0.2, 0.25) is 0 Å². The molecule has 0 aliphatic heterocycles. The highest BCUT2D eigenvalue weighted by molar-refractivity contribution is 6.03. The van der Waals surface area contributed by atoms with Gasteiger partial charge in [-0.2, -0.15) is 0 Å². The van der Waals surface area contributed by atoms with E-state index in [1.807, 2.05) is 0 Å². The van der Waals surface area contributed by atoms with Crippen LogP contribution in [0.25, 0.3) is 16.3 Å². The Balaban J connectivity index is 1.99. The van der Waals surface area contributed by atoms with E-state index in [-0.39, 0.29) is 0 Å². The number of benzene rings is 3. The third kappa shape index (κ3) is 1.21. The summed E-state index contributed by atoms with van der Waals surface area (Å²) in [6.45, 7) is 0. The van der Waals surface area contributed by atoms with E-state index in [2.05, 4.69) is 60.7 Å². The third-order valence-electron chi connectivity index (χ3n) is 4.69. The summed E-state index contributed by atoms with van der Waals surface area (Å²) < 4.78 is 0. The van der Waals surface area contributed by atoms with Gasteiger partial charge in [0.15, 0.2) is 0 Å². The zero-order valence-corrected chi connectivity index (χ0v) is 11.2. The second-order valence-electron chi connectivity index (χ2n) is 5.77. The molecule has 2 aliphatic rings. The van der Waals surface area contributed by atoms with E-state index < -0.39 is 0 Å². The van der Waals surface area contributed by atoms with Gasteiger partial charge in [0, 0.05) is 0 Å². The normalized spacial score (nSPS) is 14.9. The van der Waals surface area contributed by atoms with Crippen molar-refractivity contribution in [1.29, 1.82) is 0 Å². The Morgan fingerprint density at radius 2 is 1.45 bits per heavy atom. The Labute approximate surface area is 118 Å². The molecule has 0 nitrogen and oxygen atoms in total. The van der Waals surface area contributed by atoms with Gasteiger partial charge in [-0.1, -0.05) is 60.7 Å². The van der Waals surface area contributed by atoms with Gasteiger partial charge in [-0.05, 0) is 57.0 Å². The first-order chi connectivity index (χ1) is 9.92. The Kier molecular flexibility index (Phi) is 1.88. The van der Waals surface area contributed by atoms with E-state index in [0.29, 0.717) is 0 Å². The largest absolute Gasteiger partial charge is 0.0716 e. The number of fused-ring (bicyclic) bond motifs is 1. The summed E-state index contributed by atoms with van der Waals surface area (Å²) in [5, 5.41) is 2.81. The molecule has 5 rings (SSSR count). The maximum atomic E-state index is 2.41. The molecule has 0 fully saturated rings. The molecule has 0 N–H and O–H groups in total. The molecule has 3 aromatic carbocycles. The maximum absolute atomic E-state index is 2.41. The minimum absolute atomic E-state index is 1.05. The Morgan fingerprint density at radius 1 is 0.700 bits per heavy atom. The monoisotopic (exact) mass is 254 g/mol. The van der Waals surface area contributed by atoms with Crippen LogP contribution in [0.3, 0.4) is 0 Å². The minimum Gasteiger partial charge on any atom is -0.0716 e. The summed E-state index contributed by atoms with van der Waals surface area (Å²) in [5.74, 6) is 0. The van der Waals surface area contributed by atoms with Crippen molar-refractivity contribution in [1.82, 2.24) is 0 Å². The Hall–Kier alpha value is -2.34. The Bertz CT molecular complexity index is 892. The van der Waals surface area contributed by atoms with Gasteiger partial charge in [-0.25, -0.2) is 0 Å². The average Bonchev–Trinajstić information content (AvgIpc) is 2.86. The molecule has 0 bridgehead atoms. The van der Waals surface area contributed by atoms with E-state index in [0.717, 1.165) is 12.8 Å². The molecule has 0 saturated carbocycles. The predicted molar refractivity (Wildman–Crippen MR) is 84.0 cm³/mol. The smallest absolute Gasteiger partial charge is 0.00131 e. The lowest BCUT2D eigenvalue weighted by atomic mass is 9.94. The van der Waals surface area contributed by atoms with E-state index >= 15 is 0 Å². The number of hydrogen-bond acceptors (Lipinski definition) is 0. The molecule has 0 heteroatoms. The quantitative estimate of drug-likeness (QED) is 0.425. The fourth-order valence-electron chi connectivity index (χ4n) is 3.87. The second-order valence-corrected chi connectivity index (χ2v) is 5.77. The molecule has 0 saturated heterocycles. The van der Waals surface area contributed by atoms with Crippen LogP contribution < -0.4 is 0 Å². The molecule has 0 unspecified atom stereocenters. The molecule has 2 aliphatic carbocycles. The molecule has 0 radical (unpaired) electrons. The maximum Gasteiger partial charge on any atom is -0.00131 e. The third-order valence-corrected chi connectivity index (χ3v) is 4.69. The van der Waals surface area contributed by atoms with E-state index in [9.17, 15) is 0 Å². The summed E-state index contributed by atoms with van der Waals surface area (Å²) in [6.07, 6.45) is 4.54. The van der Waals surface area contributed by atoms with Crippen molar-refractivity contribution in [3.63, 3.8) is 0 Å². The van der Waals surface area contributed by atoms with Crippen molar-refractivity contribution >= 4 is 16.3 Å². The summed E-state index contributed by atoms with van der Waals surface area (Å²) in [4.78, 5) is 0. The molecule has 0 amide bonds. The van der Waals surface area contributed by atoms with E-state index in [1.165, 1.54) is 44.2 Å². The first kappa shape index (κ1) is 10.4. The Morgan fingerprint density at radius 3 is 2.40 bits per heavy atom. The summed E-state index contributed by atoms with van der Waals surface area (Å²) >= 11 is 0. The molecule has 0 spiro atoms. The van der Waals surface area contributed by atoms with Gasteiger partial charge in [0.2, 0.25) is 0 Å². The van der Waals surface area contributed by atoms with Gasteiger partial charge >= 0.3 is 0 Å². The van der Waals surface area contributed by atoms with Crippen LogP contribution in [0.15, 0.2) is 60.7 Å². The fraction of sp³-hybridized carbons (Fsp3) is 0.100. The number of hydrogen-bond donors (Lipinski definition) is 0. The summed E-state index contributed by atoms with van der Waals surface area (Å²) in [5.41, 5.74) is 8.79. The highest BCUT2D eigenvalue weighted by atomic mass is 14.3. The lowest BCUT2D eigenvalue weighted by Gasteiger charge is -2.09. The van der Waals surface area contributed by atoms with Gasteiger partial charge in [0.05, 0.1) is 0 Å². The van der Waals surface area contributed by atoms with Crippen molar-refractivity contribution in [2.24, 2.45) is 0 Å². The summed E-state index contributed by atoms with van der Waals surface area (Å²) in [7, 11) is 0. The molecular weight excluding hydrogens is 240 g/mol. The lowest BCUT2D eigenvalue weighted by Crippen LogP contribution is -1.93. The highest BCUT2D eigenvalue weighted by Crippen LogP contribution is 2.42. The molecule has 20 heavy (non-hydrogen) atoms. The van der Waals surface area contributed by atoms with Crippen LogP contribution in [0.1, 0.15) is 27.8 Å². The average molecular weight is 254 g/mol. The van der Waals surface area contributed by atoms with Crippen molar-refractivity contribution in [3.05, 3.63) is 88.5 Å². The molecule has 0 heterocycles. The van der Waals surface area contributed by atoms with E-state index in [1.54, 1.807) is 0 Å². The molecule has 0 aromatic heterocycles. The molecule has 0 atom stereocenters. The van der Waals surface area contributed by atoms with Crippen LogP contribution >= 0.6 is 0 Å². The zero-order chi connectivity index (χ0) is 13.1. The molecule has 3 aromatic rings. The van der Waals surface area contributed by atoms with Crippen LogP contribution in [-0.4, -0.2) is 0 Å². The van der Waals surface area contributed by atoms with Gasteiger partial charge in [0.25, 0.3) is 0 Å². The van der Waals surface area contributed by atoms with Crippen molar-refractivity contribution in [2.75, 3.05) is 0 Å². The number of rotatable bonds is 0. The van der Waals surface area contributed by atoms with Crippen molar-refractivity contribution < 1.29 is 0 Å². The highest BCUT2D eigenvalue weighted by Gasteiger charge is 2.24. The van der Waals surface area contributed by atoms with Gasteiger partial charge < -0.3 is 0 Å².